The zero-order valence-electron chi connectivity index (χ0n) is 9.59. The van der Waals surface area contributed by atoms with Gasteiger partial charge in [0.15, 0.2) is 5.13 Å². The monoisotopic (exact) mass is 263 g/mol. The molecule has 0 aliphatic heterocycles. The Morgan fingerprint density at radius 2 is 2.11 bits per heavy atom. The third kappa shape index (κ3) is 3.06. The van der Waals surface area contributed by atoms with Gasteiger partial charge in [-0.25, -0.2) is 4.98 Å². The molecule has 0 bridgehead atoms. The molecule has 0 saturated heterocycles. The van der Waals surface area contributed by atoms with Crippen LogP contribution in [0.5, 0.6) is 0 Å². The van der Waals surface area contributed by atoms with Crippen LogP contribution in [-0.2, 0) is 6.42 Å². The molecule has 0 saturated carbocycles. The highest BCUT2D eigenvalue weighted by Gasteiger charge is 2.09. The zero-order chi connectivity index (χ0) is 13.0. The molecule has 0 fully saturated rings. The Labute approximate surface area is 108 Å². The second-order valence-electron chi connectivity index (χ2n) is 3.70. The number of carbonyl (C=O) groups is 1. The molecule has 1 aromatic heterocycles. The van der Waals surface area contributed by atoms with Crippen molar-refractivity contribution in [1.29, 1.82) is 0 Å². The summed E-state index contributed by atoms with van der Waals surface area (Å²) in [4.78, 5) is 15.7. The van der Waals surface area contributed by atoms with Crippen LogP contribution < -0.4 is 11.1 Å². The van der Waals surface area contributed by atoms with Crippen molar-refractivity contribution in [2.24, 2.45) is 0 Å². The van der Waals surface area contributed by atoms with Gasteiger partial charge in [-0.2, -0.15) is 0 Å². The van der Waals surface area contributed by atoms with Crippen molar-refractivity contribution in [3.8, 4) is 0 Å². The third-order valence-corrected chi connectivity index (χ3v) is 3.04. The van der Waals surface area contributed by atoms with Gasteiger partial charge in [0, 0.05) is 17.7 Å². The molecule has 4 N–H and O–H groups in total. The lowest BCUT2D eigenvalue weighted by Crippen LogP contribution is -2.12. The van der Waals surface area contributed by atoms with E-state index in [-0.39, 0.29) is 12.5 Å². The van der Waals surface area contributed by atoms with E-state index < -0.39 is 0 Å². The zero-order valence-corrected chi connectivity index (χ0v) is 10.4. The van der Waals surface area contributed by atoms with Crippen LogP contribution in [0.15, 0.2) is 29.6 Å². The predicted molar refractivity (Wildman–Crippen MR) is 71.7 cm³/mol. The van der Waals surface area contributed by atoms with Gasteiger partial charge < -0.3 is 16.2 Å². The van der Waals surface area contributed by atoms with Crippen LogP contribution in [-0.4, -0.2) is 22.6 Å². The molecular weight excluding hydrogens is 250 g/mol. The average molecular weight is 263 g/mol. The summed E-state index contributed by atoms with van der Waals surface area (Å²) in [6.45, 7) is 0.115. The maximum Gasteiger partial charge on any atom is 0.275 e. The summed E-state index contributed by atoms with van der Waals surface area (Å²) in [5, 5.41) is 13.5. The van der Waals surface area contributed by atoms with E-state index in [0.717, 1.165) is 5.56 Å². The van der Waals surface area contributed by atoms with Gasteiger partial charge in [-0.1, -0.05) is 12.1 Å². The first-order valence-corrected chi connectivity index (χ1v) is 6.29. The summed E-state index contributed by atoms with van der Waals surface area (Å²) < 4.78 is 0. The van der Waals surface area contributed by atoms with Crippen LogP contribution in [0.3, 0.4) is 0 Å². The number of nitrogen functional groups attached to an aromatic ring is 1. The van der Waals surface area contributed by atoms with E-state index in [1.54, 1.807) is 17.5 Å². The number of aromatic nitrogens is 1. The fourth-order valence-electron chi connectivity index (χ4n) is 1.47. The van der Waals surface area contributed by atoms with E-state index in [0.29, 0.717) is 22.9 Å². The Bertz CT molecular complexity index is 537. The summed E-state index contributed by atoms with van der Waals surface area (Å²) in [5.41, 5.74) is 7.49. The molecule has 0 atom stereocenters. The van der Waals surface area contributed by atoms with Crippen LogP contribution in [0, 0.1) is 0 Å². The van der Waals surface area contributed by atoms with Gasteiger partial charge in [-0.3, -0.25) is 4.79 Å². The van der Waals surface area contributed by atoms with Crippen molar-refractivity contribution in [3.63, 3.8) is 0 Å². The second-order valence-corrected chi connectivity index (χ2v) is 4.59. The van der Waals surface area contributed by atoms with Crippen molar-refractivity contribution in [2.45, 2.75) is 6.42 Å². The number of nitrogens with one attached hydrogen (secondary N) is 1. The van der Waals surface area contributed by atoms with Crippen molar-refractivity contribution in [3.05, 3.63) is 40.9 Å². The van der Waals surface area contributed by atoms with Gasteiger partial charge in [0.05, 0.1) is 0 Å². The molecule has 0 spiro atoms. The van der Waals surface area contributed by atoms with E-state index in [2.05, 4.69) is 10.3 Å². The molecule has 0 aliphatic carbocycles. The SMILES string of the molecule is Nc1nc(C(=O)Nc2ccc(CCO)cc2)cs1. The van der Waals surface area contributed by atoms with Crippen molar-refractivity contribution in [2.75, 3.05) is 17.7 Å². The Morgan fingerprint density at radius 3 is 2.67 bits per heavy atom. The normalized spacial score (nSPS) is 10.3. The average Bonchev–Trinajstić information content (AvgIpc) is 2.79. The second kappa shape index (κ2) is 5.61. The molecule has 0 unspecified atom stereocenters. The largest absolute Gasteiger partial charge is 0.396 e. The standard InChI is InChI=1S/C12H13N3O2S/c13-12-15-10(7-18-12)11(17)14-9-3-1-8(2-4-9)5-6-16/h1-4,7,16H,5-6H2,(H2,13,15)(H,14,17). The first-order valence-electron chi connectivity index (χ1n) is 5.41. The minimum Gasteiger partial charge on any atom is -0.396 e. The number of nitrogens with two attached hydrogens (primary N) is 1. The highest BCUT2D eigenvalue weighted by molar-refractivity contribution is 7.13. The smallest absolute Gasteiger partial charge is 0.275 e. The number of nitrogens with zero attached hydrogens (tertiary/aromatic N) is 1. The van der Waals surface area contributed by atoms with E-state index in [4.69, 9.17) is 10.8 Å². The highest BCUT2D eigenvalue weighted by atomic mass is 32.1. The summed E-state index contributed by atoms with van der Waals surface area (Å²) in [5.74, 6) is -0.280. The van der Waals surface area contributed by atoms with Gasteiger partial charge in [0.1, 0.15) is 5.69 Å². The molecule has 1 heterocycles. The van der Waals surface area contributed by atoms with E-state index in [1.165, 1.54) is 11.3 Å². The quantitative estimate of drug-likeness (QED) is 0.780. The molecule has 1 aromatic carbocycles. The molecule has 2 rings (SSSR count). The number of rotatable bonds is 4. The number of anilines is 2. The van der Waals surface area contributed by atoms with Gasteiger partial charge in [0.25, 0.3) is 5.91 Å². The third-order valence-electron chi connectivity index (χ3n) is 2.37. The minimum atomic E-state index is -0.280. The number of benzene rings is 1. The first kappa shape index (κ1) is 12.5. The summed E-state index contributed by atoms with van der Waals surface area (Å²) in [7, 11) is 0. The van der Waals surface area contributed by atoms with Crippen LogP contribution in [0.2, 0.25) is 0 Å². The molecule has 18 heavy (non-hydrogen) atoms. The van der Waals surface area contributed by atoms with Crippen molar-refractivity contribution < 1.29 is 9.90 Å². The van der Waals surface area contributed by atoms with Gasteiger partial charge in [-0.05, 0) is 24.1 Å². The summed E-state index contributed by atoms with van der Waals surface area (Å²) in [6, 6.07) is 7.31. The lowest BCUT2D eigenvalue weighted by molar-refractivity contribution is 0.102. The minimum absolute atomic E-state index is 0.115. The van der Waals surface area contributed by atoms with Crippen LogP contribution >= 0.6 is 11.3 Å². The van der Waals surface area contributed by atoms with E-state index >= 15 is 0 Å². The molecule has 2 aromatic rings. The summed E-state index contributed by atoms with van der Waals surface area (Å²) in [6.07, 6.45) is 0.608. The Hall–Kier alpha value is -1.92. The van der Waals surface area contributed by atoms with Crippen molar-refractivity contribution >= 4 is 28.1 Å². The Kier molecular flexibility index (Phi) is 3.91. The Balaban J connectivity index is 2.03. The van der Waals surface area contributed by atoms with Gasteiger partial charge >= 0.3 is 0 Å². The highest BCUT2D eigenvalue weighted by Crippen LogP contribution is 2.14. The predicted octanol–water partition coefficient (Wildman–Crippen LogP) is 1.51. The number of carbonyl (C=O) groups excluding carboxylic acids is 1. The lowest BCUT2D eigenvalue weighted by atomic mass is 10.1. The number of aliphatic hydroxyl groups excluding tert-OH is 1. The number of thiazole rings is 1. The molecule has 5 nitrogen and oxygen atoms in total. The maximum absolute atomic E-state index is 11.8. The number of hydrogen-bond acceptors (Lipinski definition) is 5. The maximum atomic E-state index is 11.8. The van der Waals surface area contributed by atoms with Crippen LogP contribution in [0.4, 0.5) is 10.8 Å². The number of hydrogen-bond donors (Lipinski definition) is 3. The molecular formula is C12H13N3O2S. The number of amides is 1. The molecule has 0 radical (unpaired) electrons. The fourth-order valence-corrected chi connectivity index (χ4v) is 2.01. The molecule has 0 aliphatic rings. The molecule has 1 amide bonds. The van der Waals surface area contributed by atoms with Gasteiger partial charge in [0.2, 0.25) is 0 Å². The molecule has 94 valence electrons. The fraction of sp³-hybridized carbons (Fsp3) is 0.167. The Morgan fingerprint density at radius 1 is 1.39 bits per heavy atom. The van der Waals surface area contributed by atoms with Crippen molar-refractivity contribution in [1.82, 2.24) is 4.98 Å². The summed E-state index contributed by atoms with van der Waals surface area (Å²) >= 11 is 1.23. The van der Waals surface area contributed by atoms with Crippen LogP contribution in [0.1, 0.15) is 16.1 Å². The van der Waals surface area contributed by atoms with Crippen LogP contribution in [0.25, 0.3) is 0 Å². The lowest BCUT2D eigenvalue weighted by Gasteiger charge is -2.04. The van der Waals surface area contributed by atoms with E-state index in [9.17, 15) is 4.79 Å². The molecule has 6 heteroatoms. The topological polar surface area (TPSA) is 88.2 Å². The first-order chi connectivity index (χ1) is 8.69. The number of aliphatic hydroxyl groups is 1. The van der Waals surface area contributed by atoms with E-state index in [1.807, 2.05) is 12.1 Å². The van der Waals surface area contributed by atoms with Gasteiger partial charge in [-0.15, -0.1) is 11.3 Å².